The number of carbonyl (C=O) groups is 1. The maximum atomic E-state index is 12.9. The van der Waals surface area contributed by atoms with Crippen molar-refractivity contribution in [1.29, 1.82) is 0 Å². The summed E-state index contributed by atoms with van der Waals surface area (Å²) in [7, 11) is 0. The average molecular weight is 361 g/mol. The Bertz CT molecular complexity index is 569. The van der Waals surface area contributed by atoms with Crippen molar-refractivity contribution in [1.82, 2.24) is 0 Å². The lowest BCUT2D eigenvalue weighted by molar-refractivity contribution is -0.170. The first-order chi connectivity index (χ1) is 12.0. The molecule has 0 aromatic heterocycles. The zero-order valence-corrected chi connectivity index (χ0v) is 18.3. The molecule has 0 unspecified atom stereocenters. The quantitative estimate of drug-likeness (QED) is 0.501. The number of hydrogen-bond acceptors (Lipinski definition) is 2. The van der Waals surface area contributed by atoms with E-state index in [9.17, 15) is 4.79 Å². The molecule has 2 aliphatic rings. The summed E-state index contributed by atoms with van der Waals surface area (Å²) < 4.78 is 6.26. The fourth-order valence-corrected chi connectivity index (χ4v) is 4.63. The summed E-state index contributed by atoms with van der Waals surface area (Å²) in [5, 5.41) is 0. The second kappa shape index (κ2) is 7.90. The van der Waals surface area contributed by atoms with Crippen LogP contribution in [0.5, 0.6) is 0 Å². The maximum absolute atomic E-state index is 12.9. The summed E-state index contributed by atoms with van der Waals surface area (Å²) in [4.78, 5) is 12.9. The van der Waals surface area contributed by atoms with Crippen LogP contribution in [0.1, 0.15) is 81.1 Å². The van der Waals surface area contributed by atoms with Crippen molar-refractivity contribution in [3.8, 4) is 0 Å². The molecule has 0 N–H and O–H groups in total. The molecular weight excluding hydrogens is 320 g/mol. The third-order valence-electron chi connectivity index (χ3n) is 7.07. The van der Waals surface area contributed by atoms with Crippen molar-refractivity contribution >= 4 is 5.97 Å². The largest absolute Gasteiger partial charge is 0.461 e. The Balaban J connectivity index is 2.37. The smallest absolute Gasteiger partial charge is 0.311 e. The third-order valence-corrected chi connectivity index (χ3v) is 7.07. The zero-order chi connectivity index (χ0) is 19.7. The van der Waals surface area contributed by atoms with Crippen LogP contribution in [-0.2, 0) is 9.53 Å². The van der Waals surface area contributed by atoms with Crippen LogP contribution >= 0.6 is 0 Å². The van der Waals surface area contributed by atoms with Gasteiger partial charge in [0.2, 0.25) is 0 Å². The minimum absolute atomic E-state index is 0.0274. The van der Waals surface area contributed by atoms with Crippen molar-refractivity contribution in [3.05, 3.63) is 23.8 Å². The van der Waals surface area contributed by atoms with Crippen molar-refractivity contribution in [2.75, 3.05) is 0 Å². The van der Waals surface area contributed by atoms with Gasteiger partial charge in [-0.1, -0.05) is 66.2 Å². The molecule has 26 heavy (non-hydrogen) atoms. The molecule has 0 fully saturated rings. The first kappa shape index (κ1) is 21.3. The molecule has 2 heteroatoms. The Kier molecular flexibility index (Phi) is 6.46. The van der Waals surface area contributed by atoms with Crippen LogP contribution in [0, 0.1) is 34.5 Å². The molecule has 2 aliphatic carbocycles. The molecule has 0 heterocycles. The molecular formula is C24H40O2. The van der Waals surface area contributed by atoms with Gasteiger partial charge < -0.3 is 4.74 Å². The molecule has 0 bridgehead atoms. The van der Waals surface area contributed by atoms with Gasteiger partial charge in [-0.2, -0.15) is 0 Å². The highest BCUT2D eigenvalue weighted by Crippen LogP contribution is 2.54. The normalized spacial score (nSPS) is 34.4. The number of rotatable bonds is 6. The van der Waals surface area contributed by atoms with E-state index in [1.807, 2.05) is 13.8 Å². The molecule has 2 rings (SSSR count). The highest BCUT2D eigenvalue weighted by atomic mass is 16.5. The first-order valence-electron chi connectivity index (χ1n) is 10.6. The van der Waals surface area contributed by atoms with Gasteiger partial charge in [-0.05, 0) is 62.4 Å². The summed E-state index contributed by atoms with van der Waals surface area (Å²) in [6.45, 7) is 17.6. The monoisotopic (exact) mass is 360 g/mol. The molecule has 0 aromatic rings. The summed E-state index contributed by atoms with van der Waals surface area (Å²) in [6, 6.07) is 0. The number of carbonyl (C=O) groups excluding carboxylic acids is 1. The third kappa shape index (κ3) is 4.10. The average Bonchev–Trinajstić information content (AvgIpc) is 2.55. The molecule has 5 atom stereocenters. The summed E-state index contributed by atoms with van der Waals surface area (Å²) >= 11 is 0. The fraction of sp³-hybridized carbons (Fsp3) is 0.792. The van der Waals surface area contributed by atoms with Gasteiger partial charge in [-0.3, -0.25) is 4.79 Å². The van der Waals surface area contributed by atoms with Crippen LogP contribution < -0.4 is 0 Å². The van der Waals surface area contributed by atoms with Crippen LogP contribution in [-0.4, -0.2) is 12.1 Å². The van der Waals surface area contributed by atoms with Crippen LogP contribution in [0.4, 0.5) is 0 Å². The number of hydrogen-bond donors (Lipinski definition) is 0. The lowest BCUT2D eigenvalue weighted by Crippen LogP contribution is -2.50. The predicted molar refractivity (Wildman–Crippen MR) is 110 cm³/mol. The van der Waals surface area contributed by atoms with Crippen LogP contribution in [0.25, 0.3) is 0 Å². The molecule has 0 spiro atoms. The Morgan fingerprint density at radius 2 is 2.00 bits per heavy atom. The van der Waals surface area contributed by atoms with E-state index in [2.05, 4.69) is 59.8 Å². The molecule has 0 saturated heterocycles. The molecule has 0 aromatic carbocycles. The topological polar surface area (TPSA) is 26.3 Å². The van der Waals surface area contributed by atoms with Gasteiger partial charge in [-0.15, -0.1) is 0 Å². The lowest BCUT2D eigenvalue weighted by Gasteiger charge is -2.52. The van der Waals surface area contributed by atoms with Crippen molar-refractivity contribution in [2.24, 2.45) is 34.5 Å². The number of allylic oxidation sites excluding steroid dienone is 3. The minimum Gasteiger partial charge on any atom is -0.461 e. The van der Waals surface area contributed by atoms with E-state index >= 15 is 0 Å². The molecule has 2 nitrogen and oxygen atoms in total. The van der Waals surface area contributed by atoms with E-state index in [4.69, 9.17) is 4.74 Å². The molecule has 0 amide bonds. The first-order valence-corrected chi connectivity index (χ1v) is 10.6. The Labute approximate surface area is 161 Å². The second-order valence-electron chi connectivity index (χ2n) is 10.0. The van der Waals surface area contributed by atoms with Crippen molar-refractivity contribution in [2.45, 2.75) is 87.2 Å². The van der Waals surface area contributed by atoms with E-state index in [1.165, 1.54) is 18.4 Å². The Hall–Kier alpha value is -1.05. The van der Waals surface area contributed by atoms with Crippen molar-refractivity contribution in [3.63, 3.8) is 0 Å². The Morgan fingerprint density at radius 1 is 1.35 bits per heavy atom. The second-order valence-corrected chi connectivity index (χ2v) is 10.0. The van der Waals surface area contributed by atoms with Crippen LogP contribution in [0.3, 0.4) is 0 Å². The van der Waals surface area contributed by atoms with Crippen molar-refractivity contribution < 1.29 is 9.53 Å². The van der Waals surface area contributed by atoms with Gasteiger partial charge in [0.25, 0.3) is 0 Å². The standard InChI is InChI=1S/C24H40O2/c1-9-23(6,7)22(25)26-21-15-17(4)14-19-12-11-18(5)20(24(19,21)8)13-10-16(2)3/h11-12,14,16-18,20-21H,9-10,13,15H2,1-8H3/t17-,18-,20-,21-,24-/m0/s1. The number of fused-ring (bicyclic) bond motifs is 1. The van der Waals surface area contributed by atoms with Gasteiger partial charge in [0.15, 0.2) is 0 Å². The van der Waals surface area contributed by atoms with E-state index in [1.54, 1.807) is 0 Å². The highest BCUT2D eigenvalue weighted by Gasteiger charge is 2.51. The molecule has 0 saturated carbocycles. The van der Waals surface area contributed by atoms with Gasteiger partial charge >= 0.3 is 5.97 Å². The highest BCUT2D eigenvalue weighted by molar-refractivity contribution is 5.76. The number of ether oxygens (including phenoxy) is 1. The fourth-order valence-electron chi connectivity index (χ4n) is 4.63. The summed E-state index contributed by atoms with van der Waals surface area (Å²) in [5.41, 5.74) is 0.898. The zero-order valence-electron chi connectivity index (χ0n) is 18.3. The predicted octanol–water partition coefficient (Wildman–Crippen LogP) is 6.57. The van der Waals surface area contributed by atoms with Crippen LogP contribution in [0.2, 0.25) is 0 Å². The van der Waals surface area contributed by atoms with E-state index < -0.39 is 5.41 Å². The maximum Gasteiger partial charge on any atom is 0.311 e. The van der Waals surface area contributed by atoms with E-state index in [0.29, 0.717) is 23.7 Å². The molecule has 148 valence electrons. The Morgan fingerprint density at radius 3 is 2.58 bits per heavy atom. The van der Waals surface area contributed by atoms with Crippen LogP contribution in [0.15, 0.2) is 23.8 Å². The van der Waals surface area contributed by atoms with Gasteiger partial charge in [0, 0.05) is 5.41 Å². The van der Waals surface area contributed by atoms with Gasteiger partial charge in [0.05, 0.1) is 5.41 Å². The van der Waals surface area contributed by atoms with E-state index in [-0.39, 0.29) is 17.5 Å². The van der Waals surface area contributed by atoms with Gasteiger partial charge in [0.1, 0.15) is 6.10 Å². The molecule has 0 radical (unpaired) electrons. The van der Waals surface area contributed by atoms with E-state index in [0.717, 1.165) is 12.8 Å². The molecule has 0 aliphatic heterocycles. The minimum atomic E-state index is -0.412. The SMILES string of the molecule is CCC(C)(C)C(=O)O[C@H]1C[C@@H](C)C=C2C=C[C@H](C)[C@H](CCC(C)C)[C@]21C. The summed E-state index contributed by atoms with van der Waals surface area (Å²) in [6.07, 6.45) is 11.2. The van der Waals surface area contributed by atoms with Gasteiger partial charge in [-0.25, -0.2) is 0 Å². The number of esters is 1. The lowest BCUT2D eigenvalue weighted by atomic mass is 9.55. The summed E-state index contributed by atoms with van der Waals surface area (Å²) in [5.74, 6) is 2.15.